The first-order valence-electron chi connectivity index (χ1n) is 6.13. The van der Waals surface area contributed by atoms with Crippen LogP contribution in [0.5, 0.6) is 0 Å². The molecule has 1 saturated heterocycles. The summed E-state index contributed by atoms with van der Waals surface area (Å²) in [5.74, 6) is -0.545. The van der Waals surface area contributed by atoms with Crippen LogP contribution >= 0.6 is 24.0 Å². The summed E-state index contributed by atoms with van der Waals surface area (Å²) in [4.78, 5) is 11.7. The van der Waals surface area contributed by atoms with Crippen LogP contribution in [0.15, 0.2) is 18.2 Å². The monoisotopic (exact) mass is 306 g/mol. The number of nitrogens with one attached hydrogen (secondary N) is 2. The van der Waals surface area contributed by atoms with Crippen LogP contribution in [0.4, 0.5) is 10.1 Å². The Morgan fingerprint density at radius 1 is 1.53 bits per heavy atom. The number of carbonyl (C=O) groups is 1. The molecule has 106 valence electrons. The topological polar surface area (TPSA) is 41.1 Å². The van der Waals surface area contributed by atoms with Crippen molar-refractivity contribution < 1.29 is 9.18 Å². The van der Waals surface area contributed by atoms with Gasteiger partial charge in [-0.2, -0.15) is 0 Å². The van der Waals surface area contributed by atoms with Crippen molar-refractivity contribution in [3.8, 4) is 0 Å². The Labute approximate surface area is 123 Å². The molecular weight excluding hydrogens is 290 g/mol. The fraction of sp³-hybridized carbons (Fsp3) is 0.462. The van der Waals surface area contributed by atoms with Gasteiger partial charge in [0, 0.05) is 18.2 Å². The van der Waals surface area contributed by atoms with E-state index in [2.05, 4.69) is 10.6 Å². The third kappa shape index (κ3) is 4.97. The SMILES string of the molecule is Cl.O=C(CCC1CCCN1)Nc1ccc(F)c(Cl)c1. The second kappa shape index (κ2) is 7.68. The van der Waals surface area contributed by atoms with Crippen LogP contribution < -0.4 is 10.6 Å². The Morgan fingerprint density at radius 3 is 2.95 bits per heavy atom. The molecule has 0 saturated carbocycles. The van der Waals surface area contributed by atoms with E-state index in [0.29, 0.717) is 18.2 Å². The maximum absolute atomic E-state index is 12.9. The van der Waals surface area contributed by atoms with Gasteiger partial charge in [0.2, 0.25) is 5.91 Å². The molecule has 0 spiro atoms. The number of anilines is 1. The van der Waals surface area contributed by atoms with Crippen molar-refractivity contribution in [2.75, 3.05) is 11.9 Å². The molecule has 1 aliphatic rings. The molecule has 6 heteroatoms. The fourth-order valence-corrected chi connectivity index (χ4v) is 2.29. The number of amides is 1. The van der Waals surface area contributed by atoms with Crippen LogP contribution in [0.1, 0.15) is 25.7 Å². The van der Waals surface area contributed by atoms with Crippen LogP contribution in [0.2, 0.25) is 5.02 Å². The molecule has 3 nitrogen and oxygen atoms in total. The molecule has 1 aliphatic heterocycles. The highest BCUT2D eigenvalue weighted by atomic mass is 35.5. The van der Waals surface area contributed by atoms with Crippen molar-refractivity contribution in [2.24, 2.45) is 0 Å². The maximum atomic E-state index is 12.9. The Hall–Kier alpha value is -0.840. The van der Waals surface area contributed by atoms with Crippen LogP contribution in [-0.4, -0.2) is 18.5 Å². The van der Waals surface area contributed by atoms with Crippen LogP contribution in [0.3, 0.4) is 0 Å². The minimum atomic E-state index is -0.482. The molecule has 0 aliphatic carbocycles. The van der Waals surface area contributed by atoms with E-state index in [1.165, 1.54) is 24.6 Å². The van der Waals surface area contributed by atoms with Gasteiger partial charge in [-0.1, -0.05) is 11.6 Å². The molecule has 1 amide bonds. The van der Waals surface area contributed by atoms with Crippen molar-refractivity contribution >= 4 is 35.6 Å². The molecule has 0 radical (unpaired) electrons. The zero-order valence-electron chi connectivity index (χ0n) is 10.4. The standard InChI is InChI=1S/C13H16ClFN2O.ClH/c14-11-8-10(3-5-12(11)15)17-13(18)6-4-9-2-1-7-16-9;/h3,5,8-9,16H,1-2,4,6-7H2,(H,17,18);1H. The van der Waals surface area contributed by atoms with Gasteiger partial charge in [0.25, 0.3) is 0 Å². The molecule has 1 heterocycles. The number of carbonyl (C=O) groups excluding carboxylic acids is 1. The Bertz CT molecular complexity index is 437. The third-order valence-corrected chi connectivity index (χ3v) is 3.38. The van der Waals surface area contributed by atoms with Crippen molar-refractivity contribution in [2.45, 2.75) is 31.7 Å². The number of hydrogen-bond acceptors (Lipinski definition) is 2. The summed E-state index contributed by atoms with van der Waals surface area (Å²) < 4.78 is 12.9. The summed E-state index contributed by atoms with van der Waals surface area (Å²) >= 11 is 5.64. The fourth-order valence-electron chi connectivity index (χ4n) is 2.11. The van der Waals surface area contributed by atoms with Crippen LogP contribution in [0, 0.1) is 5.82 Å². The summed E-state index contributed by atoms with van der Waals surface area (Å²) in [6, 6.07) is 4.62. The Kier molecular flexibility index (Phi) is 6.55. The Balaban J connectivity index is 0.00000180. The van der Waals surface area contributed by atoms with E-state index >= 15 is 0 Å². The predicted octanol–water partition coefficient (Wildman–Crippen LogP) is 3.37. The van der Waals surface area contributed by atoms with E-state index in [0.717, 1.165) is 19.4 Å². The van der Waals surface area contributed by atoms with E-state index in [-0.39, 0.29) is 23.3 Å². The third-order valence-electron chi connectivity index (χ3n) is 3.09. The lowest BCUT2D eigenvalue weighted by molar-refractivity contribution is -0.116. The number of hydrogen-bond donors (Lipinski definition) is 2. The highest BCUT2D eigenvalue weighted by molar-refractivity contribution is 6.31. The van der Waals surface area contributed by atoms with Gasteiger partial charge in [0.15, 0.2) is 0 Å². The molecule has 1 atom stereocenters. The molecule has 2 N–H and O–H groups in total. The number of rotatable bonds is 4. The van der Waals surface area contributed by atoms with E-state index < -0.39 is 5.82 Å². The van der Waals surface area contributed by atoms with Gasteiger partial charge in [-0.05, 0) is 44.0 Å². The average molecular weight is 307 g/mol. The van der Waals surface area contributed by atoms with E-state index in [1.807, 2.05) is 0 Å². The number of benzene rings is 1. The first-order valence-corrected chi connectivity index (χ1v) is 6.51. The summed E-state index contributed by atoms with van der Waals surface area (Å²) in [7, 11) is 0. The zero-order chi connectivity index (χ0) is 13.0. The van der Waals surface area contributed by atoms with Gasteiger partial charge >= 0.3 is 0 Å². The minimum absolute atomic E-state index is 0. The van der Waals surface area contributed by atoms with Gasteiger partial charge in [-0.3, -0.25) is 4.79 Å². The maximum Gasteiger partial charge on any atom is 0.224 e. The lowest BCUT2D eigenvalue weighted by Gasteiger charge is -2.10. The van der Waals surface area contributed by atoms with Gasteiger partial charge in [-0.15, -0.1) is 12.4 Å². The summed E-state index contributed by atoms with van der Waals surface area (Å²) in [5, 5.41) is 6.08. The molecular formula is C13H17Cl2FN2O. The second-order valence-electron chi connectivity index (χ2n) is 4.51. The van der Waals surface area contributed by atoms with Crippen molar-refractivity contribution in [1.29, 1.82) is 0 Å². The molecule has 2 rings (SSSR count). The Morgan fingerprint density at radius 2 is 2.32 bits per heavy atom. The quantitative estimate of drug-likeness (QED) is 0.895. The first kappa shape index (κ1) is 16.2. The van der Waals surface area contributed by atoms with Crippen molar-refractivity contribution in [3.05, 3.63) is 29.0 Å². The van der Waals surface area contributed by atoms with Crippen LogP contribution in [0.25, 0.3) is 0 Å². The molecule has 1 aromatic carbocycles. The molecule has 1 aromatic rings. The molecule has 1 unspecified atom stereocenters. The second-order valence-corrected chi connectivity index (χ2v) is 4.92. The number of halogens is 3. The van der Waals surface area contributed by atoms with E-state index in [1.54, 1.807) is 0 Å². The van der Waals surface area contributed by atoms with Crippen molar-refractivity contribution in [1.82, 2.24) is 5.32 Å². The summed E-state index contributed by atoms with van der Waals surface area (Å²) in [6.45, 7) is 1.04. The molecule has 0 aromatic heterocycles. The summed E-state index contributed by atoms with van der Waals surface area (Å²) in [6.07, 6.45) is 3.61. The molecule has 0 bridgehead atoms. The molecule has 1 fully saturated rings. The first-order chi connectivity index (χ1) is 8.65. The summed E-state index contributed by atoms with van der Waals surface area (Å²) in [5.41, 5.74) is 0.533. The zero-order valence-corrected chi connectivity index (χ0v) is 12.0. The highest BCUT2D eigenvalue weighted by Crippen LogP contribution is 2.19. The van der Waals surface area contributed by atoms with Gasteiger partial charge in [0.05, 0.1) is 5.02 Å². The minimum Gasteiger partial charge on any atom is -0.326 e. The lowest BCUT2D eigenvalue weighted by atomic mass is 10.1. The van der Waals surface area contributed by atoms with Gasteiger partial charge < -0.3 is 10.6 Å². The largest absolute Gasteiger partial charge is 0.326 e. The van der Waals surface area contributed by atoms with Gasteiger partial charge in [-0.25, -0.2) is 4.39 Å². The molecule has 19 heavy (non-hydrogen) atoms. The van der Waals surface area contributed by atoms with E-state index in [4.69, 9.17) is 11.6 Å². The van der Waals surface area contributed by atoms with Crippen LogP contribution in [-0.2, 0) is 4.79 Å². The predicted molar refractivity (Wildman–Crippen MR) is 77.5 cm³/mol. The van der Waals surface area contributed by atoms with Gasteiger partial charge in [0.1, 0.15) is 5.82 Å². The lowest BCUT2D eigenvalue weighted by Crippen LogP contribution is -2.23. The average Bonchev–Trinajstić information content (AvgIpc) is 2.84. The highest BCUT2D eigenvalue weighted by Gasteiger charge is 2.15. The smallest absolute Gasteiger partial charge is 0.224 e. The van der Waals surface area contributed by atoms with E-state index in [9.17, 15) is 9.18 Å². The van der Waals surface area contributed by atoms with Crippen molar-refractivity contribution in [3.63, 3.8) is 0 Å². The normalized spacial score (nSPS) is 17.9.